The van der Waals surface area contributed by atoms with Crippen LogP contribution in [0.5, 0.6) is 0 Å². The molecule has 3 heterocycles. The zero-order valence-corrected chi connectivity index (χ0v) is 37.7. The highest BCUT2D eigenvalue weighted by Gasteiger charge is 2.21. The van der Waals surface area contributed by atoms with Crippen LogP contribution in [0.15, 0.2) is 261 Å². The van der Waals surface area contributed by atoms with Crippen molar-refractivity contribution >= 4 is 65.4 Å². The van der Waals surface area contributed by atoms with Gasteiger partial charge in [0.15, 0.2) is 0 Å². The molecule has 0 spiro atoms. The monoisotopic (exact) mass is 877 g/mol. The molecule has 0 saturated heterocycles. The Balaban J connectivity index is 0.966. The average Bonchev–Trinajstić information content (AvgIpc) is 4.05. The van der Waals surface area contributed by atoms with Gasteiger partial charge in [-0.15, -0.1) is 0 Å². The lowest BCUT2D eigenvalue weighted by atomic mass is 10.00. The molecule has 3 aromatic heterocycles. The first-order valence-corrected chi connectivity index (χ1v) is 23.7. The van der Waals surface area contributed by atoms with Gasteiger partial charge in [0.25, 0.3) is 0 Å². The molecule has 0 bridgehead atoms. The van der Waals surface area contributed by atoms with E-state index in [-0.39, 0.29) is 0 Å². The highest BCUT2D eigenvalue weighted by atomic mass is 15.0. The average molecular weight is 878 g/mol. The summed E-state index contributed by atoms with van der Waals surface area (Å²) in [4.78, 5) is 0. The predicted octanol–water partition coefficient (Wildman–Crippen LogP) is 17.6. The van der Waals surface area contributed by atoms with Crippen LogP contribution in [0.1, 0.15) is 0 Å². The molecule has 69 heavy (non-hydrogen) atoms. The van der Waals surface area contributed by atoms with Crippen LogP contribution in [-0.2, 0) is 0 Å². The number of hydrogen-bond acceptors (Lipinski definition) is 0. The summed E-state index contributed by atoms with van der Waals surface area (Å²) in [6, 6.07) is 95.5. The standard InChI is InChI=1S/C66H43N3/c1-4-15-44(16-5-1)47-27-33-52(34-28-47)67-61-25-12-10-23-55(61)57-40-50(31-37-63(57)67)51-32-38-64-58(41-51)60-42-59-56-24-11-13-26-62(56)68(53-35-29-48(30-36-53)45-17-6-2-7-18-45)65(59)43-66(60)69(64)54-22-14-21-49(39-54)46-19-8-3-9-20-46/h1-43H. The maximum Gasteiger partial charge on any atom is 0.0562 e. The van der Waals surface area contributed by atoms with Crippen LogP contribution in [-0.4, -0.2) is 13.7 Å². The van der Waals surface area contributed by atoms with Crippen molar-refractivity contribution in [2.24, 2.45) is 0 Å². The lowest BCUT2D eigenvalue weighted by molar-refractivity contribution is 1.16. The van der Waals surface area contributed by atoms with Gasteiger partial charge in [0.05, 0.1) is 33.1 Å². The molecule has 0 atom stereocenters. The first-order chi connectivity index (χ1) is 34.2. The largest absolute Gasteiger partial charge is 0.309 e. The first-order valence-electron chi connectivity index (χ1n) is 23.7. The van der Waals surface area contributed by atoms with Crippen LogP contribution < -0.4 is 0 Å². The van der Waals surface area contributed by atoms with Crippen molar-refractivity contribution in [3.63, 3.8) is 0 Å². The van der Waals surface area contributed by atoms with Gasteiger partial charge in [-0.05, 0) is 129 Å². The van der Waals surface area contributed by atoms with Crippen molar-refractivity contribution < 1.29 is 0 Å². The summed E-state index contributed by atoms with van der Waals surface area (Å²) in [6.45, 7) is 0. The fourth-order valence-corrected chi connectivity index (χ4v) is 11.0. The molecule has 0 aliphatic heterocycles. The molecule has 3 nitrogen and oxygen atoms in total. The molecule has 0 N–H and O–H groups in total. The van der Waals surface area contributed by atoms with Gasteiger partial charge in [-0.2, -0.15) is 0 Å². The smallest absolute Gasteiger partial charge is 0.0562 e. The molecule has 0 aliphatic carbocycles. The third-order valence-corrected chi connectivity index (χ3v) is 14.2. The molecule has 0 saturated carbocycles. The van der Waals surface area contributed by atoms with E-state index in [4.69, 9.17) is 0 Å². The second-order valence-corrected chi connectivity index (χ2v) is 18.1. The Bertz CT molecular complexity index is 4250. The number of fused-ring (bicyclic) bond motifs is 9. The van der Waals surface area contributed by atoms with E-state index in [1.54, 1.807) is 0 Å². The van der Waals surface area contributed by atoms with E-state index >= 15 is 0 Å². The summed E-state index contributed by atoms with van der Waals surface area (Å²) >= 11 is 0. The minimum atomic E-state index is 1.13. The van der Waals surface area contributed by atoms with Crippen LogP contribution in [0.2, 0.25) is 0 Å². The molecular weight excluding hydrogens is 835 g/mol. The van der Waals surface area contributed by atoms with Gasteiger partial charge in [0.1, 0.15) is 0 Å². The van der Waals surface area contributed by atoms with Crippen molar-refractivity contribution in [1.82, 2.24) is 13.7 Å². The molecule has 0 aliphatic rings. The summed E-state index contributed by atoms with van der Waals surface area (Å²) in [7, 11) is 0. The van der Waals surface area contributed by atoms with Crippen LogP contribution in [0.3, 0.4) is 0 Å². The van der Waals surface area contributed by atoms with Crippen molar-refractivity contribution in [3.05, 3.63) is 261 Å². The van der Waals surface area contributed by atoms with E-state index in [0.717, 1.165) is 17.1 Å². The number of rotatable bonds is 7. The van der Waals surface area contributed by atoms with Gasteiger partial charge in [0, 0.05) is 49.4 Å². The minimum absolute atomic E-state index is 1.13. The molecule has 0 radical (unpaired) electrons. The third-order valence-electron chi connectivity index (χ3n) is 14.2. The highest BCUT2D eigenvalue weighted by Crippen LogP contribution is 2.43. The maximum atomic E-state index is 2.47. The Hall–Kier alpha value is -9.18. The van der Waals surface area contributed by atoms with Crippen molar-refractivity contribution in [1.29, 1.82) is 0 Å². The van der Waals surface area contributed by atoms with Gasteiger partial charge in [-0.1, -0.05) is 176 Å². The van der Waals surface area contributed by atoms with Crippen LogP contribution >= 0.6 is 0 Å². The Morgan fingerprint density at radius 2 is 0.493 bits per heavy atom. The van der Waals surface area contributed by atoms with E-state index in [9.17, 15) is 0 Å². The van der Waals surface area contributed by atoms with E-state index in [1.807, 2.05) is 0 Å². The summed E-state index contributed by atoms with van der Waals surface area (Å²) in [5.41, 5.74) is 20.1. The molecule has 3 heteroatoms. The lowest BCUT2D eigenvalue weighted by Gasteiger charge is -2.12. The van der Waals surface area contributed by atoms with E-state index in [2.05, 4.69) is 275 Å². The van der Waals surface area contributed by atoms with Gasteiger partial charge in [-0.3, -0.25) is 0 Å². The van der Waals surface area contributed by atoms with E-state index in [0.29, 0.717) is 0 Å². The van der Waals surface area contributed by atoms with E-state index in [1.165, 1.54) is 110 Å². The van der Waals surface area contributed by atoms with Gasteiger partial charge in [-0.25, -0.2) is 0 Å². The Labute approximate surface area is 399 Å². The molecule has 0 amide bonds. The summed E-state index contributed by atoms with van der Waals surface area (Å²) < 4.78 is 7.32. The minimum Gasteiger partial charge on any atom is -0.309 e. The molecule has 14 aromatic rings. The quantitative estimate of drug-likeness (QED) is 0.152. The molecule has 322 valence electrons. The Morgan fingerprint density at radius 1 is 0.159 bits per heavy atom. The van der Waals surface area contributed by atoms with Crippen LogP contribution in [0.4, 0.5) is 0 Å². The van der Waals surface area contributed by atoms with Crippen LogP contribution in [0.25, 0.3) is 127 Å². The van der Waals surface area contributed by atoms with Gasteiger partial charge < -0.3 is 13.7 Å². The molecular formula is C66H43N3. The third kappa shape index (κ3) is 6.36. The Morgan fingerprint density at radius 3 is 1.01 bits per heavy atom. The van der Waals surface area contributed by atoms with Gasteiger partial charge in [0.2, 0.25) is 0 Å². The normalized spacial score (nSPS) is 11.8. The number of para-hydroxylation sites is 2. The maximum absolute atomic E-state index is 2.47. The zero-order chi connectivity index (χ0) is 45.4. The molecule has 0 fully saturated rings. The molecule has 14 rings (SSSR count). The SMILES string of the molecule is c1ccc(-c2ccc(-n3c4ccccc4c4cc(-c5ccc6c(c5)c5cc7c8ccccc8n(-c8ccc(-c9ccccc9)cc8)c7cc5n6-c5cccc(-c6ccccc6)c5)ccc43)cc2)cc1. The second-order valence-electron chi connectivity index (χ2n) is 18.1. The number of aromatic nitrogens is 3. The number of nitrogens with zero attached hydrogens (tertiary/aromatic N) is 3. The first kappa shape index (κ1) is 39.0. The van der Waals surface area contributed by atoms with Crippen LogP contribution in [0, 0.1) is 0 Å². The number of hydrogen-bond donors (Lipinski definition) is 0. The molecule has 11 aromatic carbocycles. The summed E-state index contributed by atoms with van der Waals surface area (Å²) in [5.74, 6) is 0. The summed E-state index contributed by atoms with van der Waals surface area (Å²) in [5, 5.41) is 7.40. The van der Waals surface area contributed by atoms with E-state index < -0.39 is 0 Å². The van der Waals surface area contributed by atoms with Crippen molar-refractivity contribution in [2.45, 2.75) is 0 Å². The Kier molecular flexibility index (Phi) is 8.90. The summed E-state index contributed by atoms with van der Waals surface area (Å²) in [6.07, 6.45) is 0. The lowest BCUT2D eigenvalue weighted by Crippen LogP contribution is -1.96. The fraction of sp³-hybridized carbons (Fsp3) is 0. The fourth-order valence-electron chi connectivity index (χ4n) is 11.0. The highest BCUT2D eigenvalue weighted by molar-refractivity contribution is 6.20. The van der Waals surface area contributed by atoms with Gasteiger partial charge >= 0.3 is 0 Å². The number of benzene rings is 11. The zero-order valence-electron chi connectivity index (χ0n) is 37.7. The topological polar surface area (TPSA) is 14.8 Å². The van der Waals surface area contributed by atoms with Crippen molar-refractivity contribution in [2.75, 3.05) is 0 Å². The second kappa shape index (κ2) is 15.7. The predicted molar refractivity (Wildman–Crippen MR) is 291 cm³/mol. The van der Waals surface area contributed by atoms with Crippen molar-refractivity contribution in [3.8, 4) is 61.6 Å². The molecule has 0 unspecified atom stereocenters.